The van der Waals surface area contributed by atoms with Crippen molar-refractivity contribution in [3.05, 3.63) is 0 Å². The minimum absolute atomic E-state index is 0.351. The molecule has 0 spiro atoms. The third kappa shape index (κ3) is 7.05. The van der Waals surface area contributed by atoms with E-state index in [1.165, 1.54) is 19.6 Å². The van der Waals surface area contributed by atoms with E-state index in [0.29, 0.717) is 5.41 Å². The molecule has 0 radical (unpaired) electrons. The van der Waals surface area contributed by atoms with Gasteiger partial charge in [0.1, 0.15) is 0 Å². The Morgan fingerprint density at radius 1 is 0.500 bits per heavy atom. The second-order valence-electron chi connectivity index (χ2n) is 6.19. The van der Waals surface area contributed by atoms with Gasteiger partial charge in [-0.25, -0.2) is 0 Å². The number of nitrogens with zero attached hydrogens (tertiary/aromatic N) is 3. The first kappa shape index (κ1) is 19.9. The largest absolute Gasteiger partial charge is 0.303 e. The van der Waals surface area contributed by atoms with Crippen LogP contribution in [-0.2, 0) is 0 Å². The number of rotatable bonds is 12. The summed E-state index contributed by atoms with van der Waals surface area (Å²) in [6.07, 6.45) is 0. The van der Waals surface area contributed by atoms with E-state index in [4.69, 9.17) is 0 Å². The first-order valence-electron chi connectivity index (χ1n) is 8.65. The normalized spacial score (nSPS) is 12.9. The first-order chi connectivity index (χ1) is 9.48. The molecule has 0 aromatic carbocycles. The van der Waals surface area contributed by atoms with Crippen molar-refractivity contribution in [2.24, 2.45) is 5.41 Å². The average Bonchev–Trinajstić information content (AvgIpc) is 2.48. The average molecular weight is 286 g/mol. The molecule has 3 nitrogen and oxygen atoms in total. The SMILES string of the molecule is CCN(CC)CC(C)(CN(CC)CC)CN(CC)CC. The van der Waals surface area contributed by atoms with Crippen LogP contribution in [0.25, 0.3) is 0 Å². The van der Waals surface area contributed by atoms with Crippen LogP contribution in [0.2, 0.25) is 0 Å². The Kier molecular flexibility index (Phi) is 10.5. The summed E-state index contributed by atoms with van der Waals surface area (Å²) in [5.41, 5.74) is 0.351. The summed E-state index contributed by atoms with van der Waals surface area (Å²) >= 11 is 0. The topological polar surface area (TPSA) is 9.72 Å². The molecule has 0 heterocycles. The minimum atomic E-state index is 0.351. The lowest BCUT2D eigenvalue weighted by atomic mass is 9.88. The van der Waals surface area contributed by atoms with Crippen LogP contribution in [0, 0.1) is 5.41 Å². The minimum Gasteiger partial charge on any atom is -0.303 e. The zero-order chi connectivity index (χ0) is 15.6. The zero-order valence-electron chi connectivity index (χ0n) is 15.2. The maximum atomic E-state index is 2.58. The number of hydrogen-bond donors (Lipinski definition) is 0. The van der Waals surface area contributed by atoms with Crippen LogP contribution in [0.3, 0.4) is 0 Å². The molecule has 0 saturated carbocycles. The van der Waals surface area contributed by atoms with Crippen molar-refractivity contribution in [1.82, 2.24) is 14.7 Å². The van der Waals surface area contributed by atoms with Crippen molar-refractivity contribution in [2.75, 3.05) is 58.9 Å². The lowest BCUT2D eigenvalue weighted by Crippen LogP contribution is -2.50. The Morgan fingerprint density at radius 3 is 0.850 bits per heavy atom. The van der Waals surface area contributed by atoms with Crippen molar-refractivity contribution in [3.63, 3.8) is 0 Å². The van der Waals surface area contributed by atoms with Crippen LogP contribution in [0.15, 0.2) is 0 Å². The molecular formula is C17H39N3. The molecule has 0 rings (SSSR count). The highest BCUT2D eigenvalue weighted by molar-refractivity contribution is 4.84. The van der Waals surface area contributed by atoms with E-state index < -0.39 is 0 Å². The third-order valence-corrected chi connectivity index (χ3v) is 4.50. The molecule has 0 aliphatic carbocycles. The van der Waals surface area contributed by atoms with Crippen molar-refractivity contribution in [1.29, 1.82) is 0 Å². The molecule has 0 unspecified atom stereocenters. The fourth-order valence-electron chi connectivity index (χ4n) is 3.11. The van der Waals surface area contributed by atoms with E-state index in [9.17, 15) is 0 Å². The van der Waals surface area contributed by atoms with Crippen molar-refractivity contribution >= 4 is 0 Å². The Morgan fingerprint density at radius 2 is 0.700 bits per heavy atom. The molecule has 0 atom stereocenters. The Balaban J connectivity index is 4.89. The molecule has 0 aliphatic heterocycles. The van der Waals surface area contributed by atoms with Crippen LogP contribution < -0.4 is 0 Å². The quantitative estimate of drug-likeness (QED) is 0.546. The smallest absolute Gasteiger partial charge is 0.00596 e. The molecule has 0 amide bonds. The van der Waals surface area contributed by atoms with Gasteiger partial charge in [-0.05, 0) is 39.3 Å². The molecule has 0 aromatic heterocycles. The Bertz CT molecular complexity index is 182. The van der Waals surface area contributed by atoms with Gasteiger partial charge in [0.25, 0.3) is 0 Å². The molecule has 0 fully saturated rings. The van der Waals surface area contributed by atoms with Crippen LogP contribution >= 0.6 is 0 Å². The van der Waals surface area contributed by atoms with Gasteiger partial charge in [0.05, 0.1) is 0 Å². The highest BCUT2D eigenvalue weighted by Crippen LogP contribution is 2.22. The van der Waals surface area contributed by atoms with Gasteiger partial charge in [-0.2, -0.15) is 0 Å². The molecular weight excluding hydrogens is 246 g/mol. The molecule has 0 N–H and O–H groups in total. The van der Waals surface area contributed by atoms with Gasteiger partial charge in [-0.3, -0.25) is 0 Å². The summed E-state index contributed by atoms with van der Waals surface area (Å²) in [6.45, 7) is 26.7. The monoisotopic (exact) mass is 285 g/mol. The molecule has 0 bridgehead atoms. The Labute approximate surface area is 128 Å². The van der Waals surface area contributed by atoms with Gasteiger partial charge < -0.3 is 14.7 Å². The summed E-state index contributed by atoms with van der Waals surface area (Å²) in [6, 6.07) is 0. The lowest BCUT2D eigenvalue weighted by Gasteiger charge is -2.41. The van der Waals surface area contributed by atoms with Gasteiger partial charge in [0.2, 0.25) is 0 Å². The standard InChI is InChI=1S/C17H39N3/c1-8-18(9-2)14-17(7,15-19(10-3)11-4)16-20(12-5)13-6/h8-16H2,1-7H3. The van der Waals surface area contributed by atoms with Crippen LogP contribution in [0.5, 0.6) is 0 Å². The molecule has 122 valence electrons. The Hall–Kier alpha value is -0.120. The second kappa shape index (κ2) is 10.6. The van der Waals surface area contributed by atoms with E-state index >= 15 is 0 Å². The predicted molar refractivity (Wildman–Crippen MR) is 91.5 cm³/mol. The van der Waals surface area contributed by atoms with Gasteiger partial charge in [0, 0.05) is 25.0 Å². The maximum Gasteiger partial charge on any atom is 0.00596 e. The van der Waals surface area contributed by atoms with Crippen molar-refractivity contribution in [3.8, 4) is 0 Å². The first-order valence-corrected chi connectivity index (χ1v) is 8.65. The molecule has 0 saturated heterocycles. The van der Waals surface area contributed by atoms with E-state index in [-0.39, 0.29) is 0 Å². The maximum absolute atomic E-state index is 2.58. The fraction of sp³-hybridized carbons (Fsp3) is 1.00. The number of hydrogen-bond acceptors (Lipinski definition) is 3. The fourth-order valence-corrected chi connectivity index (χ4v) is 3.11. The van der Waals surface area contributed by atoms with Crippen molar-refractivity contribution < 1.29 is 0 Å². The summed E-state index contributed by atoms with van der Waals surface area (Å²) < 4.78 is 0. The molecule has 3 heteroatoms. The van der Waals surface area contributed by atoms with Crippen molar-refractivity contribution in [2.45, 2.75) is 48.5 Å². The second-order valence-corrected chi connectivity index (χ2v) is 6.19. The van der Waals surface area contributed by atoms with Crippen LogP contribution in [0.1, 0.15) is 48.5 Å². The molecule has 0 aliphatic rings. The lowest BCUT2D eigenvalue weighted by molar-refractivity contribution is 0.0768. The van der Waals surface area contributed by atoms with E-state index in [1.54, 1.807) is 0 Å². The van der Waals surface area contributed by atoms with Gasteiger partial charge in [0.15, 0.2) is 0 Å². The summed E-state index contributed by atoms with van der Waals surface area (Å²) in [7, 11) is 0. The van der Waals surface area contributed by atoms with Crippen LogP contribution in [-0.4, -0.2) is 73.6 Å². The van der Waals surface area contributed by atoms with E-state index in [1.807, 2.05) is 0 Å². The highest BCUT2D eigenvalue weighted by atomic mass is 15.2. The van der Waals surface area contributed by atoms with E-state index in [2.05, 4.69) is 63.2 Å². The molecule has 0 aromatic rings. The van der Waals surface area contributed by atoms with E-state index in [0.717, 1.165) is 39.3 Å². The highest BCUT2D eigenvalue weighted by Gasteiger charge is 2.30. The zero-order valence-corrected chi connectivity index (χ0v) is 15.2. The van der Waals surface area contributed by atoms with Crippen LogP contribution in [0.4, 0.5) is 0 Å². The van der Waals surface area contributed by atoms with Gasteiger partial charge >= 0.3 is 0 Å². The van der Waals surface area contributed by atoms with Gasteiger partial charge in [-0.15, -0.1) is 0 Å². The summed E-state index contributed by atoms with van der Waals surface area (Å²) in [4.78, 5) is 7.73. The summed E-state index contributed by atoms with van der Waals surface area (Å²) in [5, 5.41) is 0. The van der Waals surface area contributed by atoms with Gasteiger partial charge in [-0.1, -0.05) is 48.5 Å². The summed E-state index contributed by atoms with van der Waals surface area (Å²) in [5.74, 6) is 0. The molecule has 20 heavy (non-hydrogen) atoms. The third-order valence-electron chi connectivity index (χ3n) is 4.50. The predicted octanol–water partition coefficient (Wildman–Crippen LogP) is 3.02.